The van der Waals surface area contributed by atoms with Gasteiger partial charge >= 0.3 is 0 Å². The molecule has 0 saturated heterocycles. The highest BCUT2D eigenvalue weighted by Crippen LogP contribution is 1.99. The monoisotopic (exact) mass is 244 g/mol. The standard InChI is InChI=1S/C11H24N4O2/c1-4-5-15(7-6-14(2)3)11(17)9(12)8-10(13)16/h9H,4-8,12H2,1-3H3,(H2,13,16). The van der Waals surface area contributed by atoms with E-state index in [1.165, 1.54) is 0 Å². The Kier molecular flexibility index (Phi) is 7.49. The van der Waals surface area contributed by atoms with Gasteiger partial charge in [0.05, 0.1) is 12.5 Å². The third-order valence-electron chi connectivity index (χ3n) is 2.36. The molecule has 0 aromatic heterocycles. The molecule has 6 nitrogen and oxygen atoms in total. The second-order valence-electron chi connectivity index (χ2n) is 4.41. The lowest BCUT2D eigenvalue weighted by Crippen LogP contribution is -2.47. The SMILES string of the molecule is CCCN(CCN(C)C)C(=O)C(N)CC(N)=O. The maximum absolute atomic E-state index is 12.0. The Morgan fingerprint density at radius 3 is 2.18 bits per heavy atom. The molecule has 0 rings (SSSR count). The Hall–Kier alpha value is -1.14. The van der Waals surface area contributed by atoms with E-state index >= 15 is 0 Å². The summed E-state index contributed by atoms with van der Waals surface area (Å²) >= 11 is 0. The minimum Gasteiger partial charge on any atom is -0.370 e. The zero-order chi connectivity index (χ0) is 13.4. The molecule has 0 fully saturated rings. The fraction of sp³-hybridized carbons (Fsp3) is 0.818. The van der Waals surface area contributed by atoms with E-state index in [0.29, 0.717) is 13.1 Å². The van der Waals surface area contributed by atoms with E-state index in [0.717, 1.165) is 13.0 Å². The smallest absolute Gasteiger partial charge is 0.240 e. The Labute approximate surface area is 103 Å². The van der Waals surface area contributed by atoms with E-state index in [1.54, 1.807) is 4.90 Å². The topological polar surface area (TPSA) is 92.7 Å². The summed E-state index contributed by atoms with van der Waals surface area (Å²) in [6, 6.07) is -0.818. The molecule has 0 aliphatic rings. The minimum atomic E-state index is -0.818. The summed E-state index contributed by atoms with van der Waals surface area (Å²) in [5.41, 5.74) is 10.7. The van der Waals surface area contributed by atoms with Gasteiger partial charge in [0.25, 0.3) is 0 Å². The van der Waals surface area contributed by atoms with Crippen LogP contribution in [0, 0.1) is 0 Å². The maximum atomic E-state index is 12.0. The minimum absolute atomic E-state index is 0.0962. The van der Waals surface area contributed by atoms with Crippen LogP contribution in [0.1, 0.15) is 19.8 Å². The lowest BCUT2D eigenvalue weighted by Gasteiger charge is -2.26. The van der Waals surface area contributed by atoms with Crippen LogP contribution >= 0.6 is 0 Å². The molecular formula is C11H24N4O2. The number of carbonyl (C=O) groups excluding carboxylic acids is 2. The zero-order valence-corrected chi connectivity index (χ0v) is 11.0. The molecule has 4 N–H and O–H groups in total. The molecule has 0 saturated carbocycles. The van der Waals surface area contributed by atoms with Crippen LogP contribution in [0.2, 0.25) is 0 Å². The quantitative estimate of drug-likeness (QED) is 0.572. The van der Waals surface area contributed by atoms with Crippen molar-refractivity contribution >= 4 is 11.8 Å². The molecule has 17 heavy (non-hydrogen) atoms. The Morgan fingerprint density at radius 2 is 1.76 bits per heavy atom. The van der Waals surface area contributed by atoms with Gasteiger partial charge in [0.15, 0.2) is 0 Å². The molecule has 0 aliphatic carbocycles. The van der Waals surface area contributed by atoms with Gasteiger partial charge in [0.1, 0.15) is 0 Å². The van der Waals surface area contributed by atoms with E-state index in [9.17, 15) is 9.59 Å². The summed E-state index contributed by atoms with van der Waals surface area (Å²) in [7, 11) is 3.88. The summed E-state index contributed by atoms with van der Waals surface area (Å²) in [4.78, 5) is 26.4. The van der Waals surface area contributed by atoms with E-state index in [4.69, 9.17) is 11.5 Å². The number of hydrogen-bond acceptors (Lipinski definition) is 4. The first kappa shape index (κ1) is 15.9. The number of primary amides is 1. The fourth-order valence-electron chi connectivity index (χ4n) is 1.46. The summed E-state index contributed by atoms with van der Waals surface area (Å²) in [6.07, 6.45) is 0.767. The third-order valence-corrected chi connectivity index (χ3v) is 2.36. The van der Waals surface area contributed by atoms with Crippen LogP contribution in [0.15, 0.2) is 0 Å². The van der Waals surface area contributed by atoms with Crippen molar-refractivity contribution in [3.8, 4) is 0 Å². The van der Waals surface area contributed by atoms with Crippen molar-refractivity contribution in [1.29, 1.82) is 0 Å². The van der Waals surface area contributed by atoms with Crippen LogP contribution in [0.4, 0.5) is 0 Å². The highest BCUT2D eigenvalue weighted by Gasteiger charge is 2.21. The van der Waals surface area contributed by atoms with Crippen LogP contribution in [-0.4, -0.2) is 61.4 Å². The van der Waals surface area contributed by atoms with Crippen molar-refractivity contribution in [3.05, 3.63) is 0 Å². The zero-order valence-electron chi connectivity index (χ0n) is 11.0. The molecule has 100 valence electrons. The Morgan fingerprint density at radius 1 is 1.18 bits per heavy atom. The summed E-state index contributed by atoms with van der Waals surface area (Å²) in [5, 5.41) is 0. The van der Waals surface area contributed by atoms with Crippen molar-refractivity contribution < 1.29 is 9.59 Å². The number of amides is 2. The van der Waals surface area contributed by atoms with Crippen molar-refractivity contribution in [2.24, 2.45) is 11.5 Å². The normalized spacial score (nSPS) is 12.5. The summed E-state index contributed by atoms with van der Waals surface area (Å²) in [5.74, 6) is -0.748. The van der Waals surface area contributed by atoms with Crippen molar-refractivity contribution in [1.82, 2.24) is 9.80 Å². The molecule has 0 aromatic carbocycles. The lowest BCUT2D eigenvalue weighted by atomic mass is 10.2. The van der Waals surface area contributed by atoms with E-state index in [1.807, 2.05) is 25.9 Å². The van der Waals surface area contributed by atoms with Crippen LogP contribution in [0.5, 0.6) is 0 Å². The molecule has 1 atom stereocenters. The third kappa shape index (κ3) is 6.91. The second kappa shape index (κ2) is 8.03. The largest absolute Gasteiger partial charge is 0.370 e. The average Bonchev–Trinajstić information content (AvgIpc) is 2.21. The second-order valence-corrected chi connectivity index (χ2v) is 4.41. The molecule has 1 unspecified atom stereocenters. The molecule has 0 aromatic rings. The van der Waals surface area contributed by atoms with Crippen molar-refractivity contribution in [2.75, 3.05) is 33.7 Å². The predicted octanol–water partition coefficient (Wildman–Crippen LogP) is -1.01. The van der Waals surface area contributed by atoms with Gasteiger partial charge in [-0.3, -0.25) is 9.59 Å². The van der Waals surface area contributed by atoms with Gasteiger partial charge in [-0.2, -0.15) is 0 Å². The Balaban J connectivity index is 4.36. The van der Waals surface area contributed by atoms with Gasteiger partial charge < -0.3 is 21.3 Å². The predicted molar refractivity (Wildman–Crippen MR) is 67.2 cm³/mol. The number of hydrogen-bond donors (Lipinski definition) is 2. The first-order valence-electron chi connectivity index (χ1n) is 5.85. The van der Waals surface area contributed by atoms with Gasteiger partial charge in [-0.15, -0.1) is 0 Å². The highest BCUT2D eigenvalue weighted by molar-refractivity contribution is 5.87. The number of carbonyl (C=O) groups is 2. The number of nitrogens with two attached hydrogens (primary N) is 2. The first-order chi connectivity index (χ1) is 7.88. The number of nitrogens with zero attached hydrogens (tertiary/aromatic N) is 2. The van der Waals surface area contributed by atoms with E-state index < -0.39 is 11.9 Å². The molecule has 2 amide bonds. The van der Waals surface area contributed by atoms with Crippen LogP contribution < -0.4 is 11.5 Å². The molecule has 6 heteroatoms. The van der Waals surface area contributed by atoms with Gasteiger partial charge in [0.2, 0.25) is 11.8 Å². The van der Waals surface area contributed by atoms with Gasteiger partial charge in [-0.25, -0.2) is 0 Å². The van der Waals surface area contributed by atoms with Crippen LogP contribution in [0.3, 0.4) is 0 Å². The molecule has 0 heterocycles. The highest BCUT2D eigenvalue weighted by atomic mass is 16.2. The lowest BCUT2D eigenvalue weighted by molar-refractivity contribution is -0.134. The molecular weight excluding hydrogens is 220 g/mol. The molecule has 0 aliphatic heterocycles. The fourth-order valence-corrected chi connectivity index (χ4v) is 1.46. The van der Waals surface area contributed by atoms with Gasteiger partial charge in [-0.05, 0) is 20.5 Å². The van der Waals surface area contributed by atoms with Gasteiger partial charge in [0, 0.05) is 19.6 Å². The van der Waals surface area contributed by atoms with Crippen molar-refractivity contribution in [2.45, 2.75) is 25.8 Å². The maximum Gasteiger partial charge on any atom is 0.240 e. The summed E-state index contributed by atoms with van der Waals surface area (Å²) < 4.78 is 0. The van der Waals surface area contributed by atoms with Crippen LogP contribution in [-0.2, 0) is 9.59 Å². The van der Waals surface area contributed by atoms with E-state index in [2.05, 4.69) is 0 Å². The van der Waals surface area contributed by atoms with Crippen molar-refractivity contribution in [3.63, 3.8) is 0 Å². The molecule has 0 spiro atoms. The molecule has 0 bridgehead atoms. The average molecular weight is 244 g/mol. The van der Waals surface area contributed by atoms with E-state index in [-0.39, 0.29) is 12.3 Å². The molecule has 0 radical (unpaired) electrons. The van der Waals surface area contributed by atoms with Gasteiger partial charge in [-0.1, -0.05) is 6.92 Å². The first-order valence-corrected chi connectivity index (χ1v) is 5.85. The Bertz CT molecular complexity index is 256. The van der Waals surface area contributed by atoms with Crippen LogP contribution in [0.25, 0.3) is 0 Å². The number of likely N-dealkylation sites (N-methyl/N-ethyl adjacent to an activating group) is 1. The summed E-state index contributed by atoms with van der Waals surface area (Å²) in [6.45, 7) is 4.04. The number of rotatable bonds is 8.